The van der Waals surface area contributed by atoms with Crippen molar-refractivity contribution in [1.82, 2.24) is 0 Å². The zero-order chi connectivity index (χ0) is 7.56. The fourth-order valence-electron chi connectivity index (χ4n) is 0.847. The first-order valence-electron chi connectivity index (χ1n) is 3.16. The van der Waals surface area contributed by atoms with E-state index >= 15 is 0 Å². The second-order valence-electron chi connectivity index (χ2n) is 2.26. The molecule has 4 heteroatoms. The highest BCUT2D eigenvalue weighted by molar-refractivity contribution is 7.10. The van der Waals surface area contributed by atoms with E-state index in [1.165, 1.54) is 5.56 Å². The number of aliphatic hydroxyl groups is 1. The average molecular weight is 194 g/mol. The third-order valence-electron chi connectivity index (χ3n) is 1.44. The summed E-state index contributed by atoms with van der Waals surface area (Å²) in [5, 5.41) is 10.7. The van der Waals surface area contributed by atoms with Gasteiger partial charge in [0.25, 0.3) is 0 Å². The van der Waals surface area contributed by atoms with E-state index in [4.69, 9.17) is 10.8 Å². The summed E-state index contributed by atoms with van der Waals surface area (Å²) < 4.78 is 0. The molecule has 1 heterocycles. The van der Waals surface area contributed by atoms with Crippen LogP contribution in [0.4, 0.5) is 0 Å². The largest absolute Gasteiger partial charge is 0.394 e. The number of hydrogen-bond donors (Lipinski definition) is 2. The number of aryl methyl sites for hydroxylation is 1. The predicted molar refractivity (Wildman–Crippen MR) is 50.3 cm³/mol. The van der Waals surface area contributed by atoms with Crippen molar-refractivity contribution in [3.8, 4) is 0 Å². The average Bonchev–Trinajstić information content (AvgIpc) is 2.34. The van der Waals surface area contributed by atoms with E-state index in [0.29, 0.717) is 0 Å². The van der Waals surface area contributed by atoms with Gasteiger partial charge in [-0.15, -0.1) is 23.7 Å². The number of aliphatic hydroxyl groups excluding tert-OH is 1. The molecule has 11 heavy (non-hydrogen) atoms. The van der Waals surface area contributed by atoms with Gasteiger partial charge < -0.3 is 10.8 Å². The maximum atomic E-state index is 8.71. The molecule has 0 spiro atoms. The lowest BCUT2D eigenvalue weighted by molar-refractivity contribution is 0.269. The molecular weight excluding hydrogens is 182 g/mol. The zero-order valence-electron chi connectivity index (χ0n) is 6.28. The minimum Gasteiger partial charge on any atom is -0.394 e. The van der Waals surface area contributed by atoms with Gasteiger partial charge in [0, 0.05) is 4.88 Å². The normalized spacial score (nSPS) is 12.3. The first-order chi connectivity index (χ1) is 4.75. The molecule has 1 rings (SSSR count). The third-order valence-corrected chi connectivity index (χ3v) is 2.59. The molecule has 0 aromatic carbocycles. The Morgan fingerprint density at radius 3 is 2.73 bits per heavy atom. The summed E-state index contributed by atoms with van der Waals surface area (Å²) in [7, 11) is 0. The molecule has 2 nitrogen and oxygen atoms in total. The van der Waals surface area contributed by atoms with E-state index in [2.05, 4.69) is 0 Å². The first-order valence-corrected chi connectivity index (χ1v) is 4.04. The molecule has 0 saturated heterocycles. The van der Waals surface area contributed by atoms with Gasteiger partial charge in [0.05, 0.1) is 12.6 Å². The molecule has 64 valence electrons. The van der Waals surface area contributed by atoms with Crippen molar-refractivity contribution < 1.29 is 5.11 Å². The van der Waals surface area contributed by atoms with E-state index in [0.717, 1.165) is 4.88 Å². The van der Waals surface area contributed by atoms with Crippen LogP contribution in [0.5, 0.6) is 0 Å². The molecule has 1 aromatic heterocycles. The van der Waals surface area contributed by atoms with Gasteiger partial charge in [-0.2, -0.15) is 0 Å². The van der Waals surface area contributed by atoms with E-state index < -0.39 is 0 Å². The SMILES string of the molecule is Cc1ccsc1C(N)CO.Cl. The Hall–Kier alpha value is -0.0900. The van der Waals surface area contributed by atoms with Gasteiger partial charge >= 0.3 is 0 Å². The minimum atomic E-state index is -0.194. The zero-order valence-corrected chi connectivity index (χ0v) is 7.91. The molecule has 0 radical (unpaired) electrons. The Morgan fingerprint density at radius 2 is 2.36 bits per heavy atom. The lowest BCUT2D eigenvalue weighted by Gasteiger charge is -2.05. The molecule has 0 aliphatic heterocycles. The molecule has 1 atom stereocenters. The van der Waals surface area contributed by atoms with Gasteiger partial charge in [-0.05, 0) is 23.9 Å². The van der Waals surface area contributed by atoms with Crippen LogP contribution in [0.25, 0.3) is 0 Å². The summed E-state index contributed by atoms with van der Waals surface area (Å²) in [6.45, 7) is 2.03. The maximum absolute atomic E-state index is 8.71. The predicted octanol–water partition coefficient (Wildman–Crippen LogP) is 1.47. The van der Waals surface area contributed by atoms with Gasteiger partial charge in [0.2, 0.25) is 0 Å². The van der Waals surface area contributed by atoms with Crippen LogP contribution in [-0.2, 0) is 0 Å². The molecule has 3 N–H and O–H groups in total. The molecule has 0 aliphatic carbocycles. The molecule has 0 amide bonds. The Bertz CT molecular complexity index is 214. The molecule has 0 bridgehead atoms. The van der Waals surface area contributed by atoms with Crippen molar-refractivity contribution in [2.24, 2.45) is 5.73 Å². The number of rotatable bonds is 2. The van der Waals surface area contributed by atoms with E-state index in [9.17, 15) is 0 Å². The van der Waals surface area contributed by atoms with Crippen LogP contribution in [0.3, 0.4) is 0 Å². The maximum Gasteiger partial charge on any atom is 0.0632 e. The number of nitrogens with two attached hydrogens (primary N) is 1. The monoisotopic (exact) mass is 193 g/mol. The summed E-state index contributed by atoms with van der Waals surface area (Å²) in [5.41, 5.74) is 6.77. The number of thiophene rings is 1. The van der Waals surface area contributed by atoms with Crippen molar-refractivity contribution >= 4 is 23.7 Å². The summed E-state index contributed by atoms with van der Waals surface area (Å²) in [6.07, 6.45) is 0. The van der Waals surface area contributed by atoms with Crippen LogP contribution in [0.1, 0.15) is 16.5 Å². The van der Waals surface area contributed by atoms with Gasteiger partial charge in [0.15, 0.2) is 0 Å². The van der Waals surface area contributed by atoms with Crippen LogP contribution in [0.2, 0.25) is 0 Å². The van der Waals surface area contributed by atoms with Crippen molar-refractivity contribution in [3.05, 3.63) is 21.9 Å². The van der Waals surface area contributed by atoms with Crippen molar-refractivity contribution in [1.29, 1.82) is 0 Å². The lowest BCUT2D eigenvalue weighted by Crippen LogP contribution is -2.13. The van der Waals surface area contributed by atoms with Crippen LogP contribution >= 0.6 is 23.7 Å². The Labute approximate surface area is 76.5 Å². The molecular formula is C7H12ClNOS. The first kappa shape index (κ1) is 10.9. The van der Waals surface area contributed by atoms with Crippen molar-refractivity contribution in [2.45, 2.75) is 13.0 Å². The standard InChI is InChI=1S/C7H11NOS.ClH/c1-5-2-3-10-7(5)6(8)4-9;/h2-3,6,9H,4,8H2,1H3;1H. The van der Waals surface area contributed by atoms with Crippen molar-refractivity contribution in [3.63, 3.8) is 0 Å². The van der Waals surface area contributed by atoms with Gasteiger partial charge in [-0.25, -0.2) is 0 Å². The molecule has 0 saturated carbocycles. The van der Waals surface area contributed by atoms with Crippen LogP contribution in [-0.4, -0.2) is 11.7 Å². The topological polar surface area (TPSA) is 46.2 Å². The van der Waals surface area contributed by atoms with Gasteiger partial charge in [-0.1, -0.05) is 0 Å². The smallest absolute Gasteiger partial charge is 0.0632 e. The third kappa shape index (κ3) is 2.45. The molecule has 1 aromatic rings. The molecule has 0 aliphatic rings. The Balaban J connectivity index is 0.000001000. The molecule has 1 unspecified atom stereocenters. The highest BCUT2D eigenvalue weighted by Gasteiger charge is 2.07. The summed E-state index contributed by atoms with van der Waals surface area (Å²) >= 11 is 1.60. The van der Waals surface area contributed by atoms with Gasteiger partial charge in [0.1, 0.15) is 0 Å². The van der Waals surface area contributed by atoms with Crippen molar-refractivity contribution in [2.75, 3.05) is 6.61 Å². The van der Waals surface area contributed by atoms with E-state index in [-0.39, 0.29) is 25.1 Å². The van der Waals surface area contributed by atoms with Crippen LogP contribution < -0.4 is 5.73 Å². The highest BCUT2D eigenvalue weighted by Crippen LogP contribution is 2.21. The summed E-state index contributed by atoms with van der Waals surface area (Å²) in [4.78, 5) is 1.09. The Kier molecular flexibility index (Phi) is 4.68. The summed E-state index contributed by atoms with van der Waals surface area (Å²) in [6, 6.07) is 1.81. The highest BCUT2D eigenvalue weighted by atomic mass is 35.5. The van der Waals surface area contributed by atoms with E-state index in [1.807, 2.05) is 18.4 Å². The van der Waals surface area contributed by atoms with E-state index in [1.54, 1.807) is 11.3 Å². The Morgan fingerprint density at radius 1 is 1.73 bits per heavy atom. The molecule has 0 fully saturated rings. The van der Waals surface area contributed by atoms with Gasteiger partial charge in [-0.3, -0.25) is 0 Å². The van der Waals surface area contributed by atoms with Crippen LogP contribution in [0, 0.1) is 6.92 Å². The number of hydrogen-bond acceptors (Lipinski definition) is 3. The lowest BCUT2D eigenvalue weighted by atomic mass is 10.2. The second kappa shape index (κ2) is 4.72. The fraction of sp³-hybridized carbons (Fsp3) is 0.429. The minimum absolute atomic E-state index is 0. The van der Waals surface area contributed by atoms with Crippen LogP contribution in [0.15, 0.2) is 11.4 Å². The second-order valence-corrected chi connectivity index (χ2v) is 3.20. The summed E-state index contributed by atoms with van der Waals surface area (Å²) in [5.74, 6) is 0. The quantitative estimate of drug-likeness (QED) is 0.748. The number of halogens is 1. The fourth-order valence-corrected chi connectivity index (χ4v) is 1.77.